The molecule has 0 saturated carbocycles. The second-order valence-electron chi connectivity index (χ2n) is 4.15. The van der Waals surface area contributed by atoms with Crippen LogP contribution in [0.15, 0.2) is 12.1 Å². The molecule has 0 bridgehead atoms. The van der Waals surface area contributed by atoms with Gasteiger partial charge >= 0.3 is 5.97 Å². The first-order valence-electron chi connectivity index (χ1n) is 5.80. The first kappa shape index (κ1) is 15.7. The minimum atomic E-state index is -1.02. The standard InChI is InChI=1S/C13H15ClF2O3/c1-19-12-7-11(16)10(15)6-9(12)5-8(13(17)18)3-2-4-14/h6-8H,2-5H2,1H3,(H,17,18). The molecule has 0 radical (unpaired) electrons. The average Bonchev–Trinajstić information content (AvgIpc) is 2.37. The predicted octanol–water partition coefficient (Wildman–Crippen LogP) is 3.24. The molecule has 1 unspecified atom stereocenters. The number of aliphatic carboxylic acids is 1. The highest BCUT2D eigenvalue weighted by molar-refractivity contribution is 6.17. The van der Waals surface area contributed by atoms with E-state index in [-0.39, 0.29) is 12.2 Å². The Balaban J connectivity index is 2.94. The SMILES string of the molecule is COc1cc(F)c(F)cc1CC(CCCCl)C(=O)O. The number of carbonyl (C=O) groups is 1. The number of benzene rings is 1. The van der Waals surface area contributed by atoms with Crippen molar-refractivity contribution < 1.29 is 23.4 Å². The van der Waals surface area contributed by atoms with Crippen LogP contribution in [0.1, 0.15) is 18.4 Å². The Bertz CT molecular complexity index is 452. The zero-order valence-corrected chi connectivity index (χ0v) is 11.2. The number of hydrogen-bond acceptors (Lipinski definition) is 2. The monoisotopic (exact) mass is 292 g/mol. The lowest BCUT2D eigenvalue weighted by molar-refractivity contribution is -0.141. The summed E-state index contributed by atoms with van der Waals surface area (Å²) in [4.78, 5) is 11.1. The molecule has 0 aromatic heterocycles. The molecule has 1 rings (SSSR count). The van der Waals surface area contributed by atoms with Gasteiger partial charge in [0.25, 0.3) is 0 Å². The zero-order chi connectivity index (χ0) is 14.4. The molecule has 19 heavy (non-hydrogen) atoms. The third-order valence-electron chi connectivity index (χ3n) is 2.83. The van der Waals surface area contributed by atoms with E-state index in [4.69, 9.17) is 21.4 Å². The number of carboxylic acid groups (broad SMARTS) is 1. The van der Waals surface area contributed by atoms with E-state index in [9.17, 15) is 13.6 Å². The van der Waals surface area contributed by atoms with Crippen molar-refractivity contribution in [2.24, 2.45) is 5.92 Å². The van der Waals surface area contributed by atoms with Gasteiger partial charge < -0.3 is 9.84 Å². The lowest BCUT2D eigenvalue weighted by atomic mass is 9.94. The van der Waals surface area contributed by atoms with Crippen LogP contribution < -0.4 is 4.74 Å². The molecule has 1 atom stereocenters. The molecule has 3 nitrogen and oxygen atoms in total. The van der Waals surface area contributed by atoms with Gasteiger partial charge in [0.1, 0.15) is 5.75 Å². The van der Waals surface area contributed by atoms with Gasteiger partial charge in [-0.15, -0.1) is 11.6 Å². The largest absolute Gasteiger partial charge is 0.496 e. The number of rotatable bonds is 7. The normalized spacial score (nSPS) is 12.2. The summed E-state index contributed by atoms with van der Waals surface area (Å²) in [5.74, 6) is -3.21. The molecule has 6 heteroatoms. The van der Waals surface area contributed by atoms with Crippen LogP contribution in [0, 0.1) is 17.6 Å². The molecule has 0 spiro atoms. The maximum absolute atomic E-state index is 13.2. The fourth-order valence-electron chi connectivity index (χ4n) is 1.82. The van der Waals surface area contributed by atoms with E-state index in [1.165, 1.54) is 7.11 Å². The van der Waals surface area contributed by atoms with Crippen molar-refractivity contribution in [3.05, 3.63) is 29.3 Å². The highest BCUT2D eigenvalue weighted by Gasteiger charge is 2.21. The summed E-state index contributed by atoms with van der Waals surface area (Å²) in [5, 5.41) is 9.10. The Morgan fingerprint density at radius 2 is 2.05 bits per heavy atom. The van der Waals surface area contributed by atoms with E-state index in [1.54, 1.807) is 0 Å². The van der Waals surface area contributed by atoms with Crippen LogP contribution >= 0.6 is 11.6 Å². The number of alkyl halides is 1. The molecule has 0 aliphatic heterocycles. The molecule has 1 aromatic carbocycles. The van der Waals surface area contributed by atoms with Crippen LogP contribution in [0.25, 0.3) is 0 Å². The number of methoxy groups -OCH3 is 1. The third-order valence-corrected chi connectivity index (χ3v) is 3.09. The van der Waals surface area contributed by atoms with Crippen LogP contribution in [-0.4, -0.2) is 24.1 Å². The average molecular weight is 293 g/mol. The van der Waals surface area contributed by atoms with Crippen molar-refractivity contribution in [3.8, 4) is 5.75 Å². The molecule has 0 aliphatic carbocycles. The molecule has 0 saturated heterocycles. The lowest BCUT2D eigenvalue weighted by Gasteiger charge is -2.14. The molecule has 106 valence electrons. The Morgan fingerprint density at radius 1 is 1.42 bits per heavy atom. The smallest absolute Gasteiger partial charge is 0.306 e. The van der Waals surface area contributed by atoms with E-state index >= 15 is 0 Å². The van der Waals surface area contributed by atoms with Gasteiger partial charge in [-0.2, -0.15) is 0 Å². The Labute approximate surface area is 115 Å². The highest BCUT2D eigenvalue weighted by Crippen LogP contribution is 2.26. The highest BCUT2D eigenvalue weighted by atomic mass is 35.5. The Morgan fingerprint density at radius 3 is 2.58 bits per heavy atom. The molecular weight excluding hydrogens is 278 g/mol. The summed E-state index contributed by atoms with van der Waals surface area (Å²) in [6.07, 6.45) is 0.998. The summed E-state index contributed by atoms with van der Waals surface area (Å²) < 4.78 is 31.2. The van der Waals surface area contributed by atoms with Gasteiger partial charge in [-0.1, -0.05) is 0 Å². The maximum atomic E-state index is 13.2. The lowest BCUT2D eigenvalue weighted by Crippen LogP contribution is -2.17. The minimum Gasteiger partial charge on any atom is -0.496 e. The van der Waals surface area contributed by atoms with Gasteiger partial charge in [0.2, 0.25) is 0 Å². The second kappa shape index (κ2) is 7.28. The quantitative estimate of drug-likeness (QED) is 0.785. The third kappa shape index (κ3) is 4.35. The number of ether oxygens (including phenoxy) is 1. The van der Waals surface area contributed by atoms with E-state index in [1.807, 2.05) is 0 Å². The van der Waals surface area contributed by atoms with Crippen molar-refractivity contribution in [3.63, 3.8) is 0 Å². The first-order valence-corrected chi connectivity index (χ1v) is 6.33. The fourth-order valence-corrected chi connectivity index (χ4v) is 1.98. The summed E-state index contributed by atoms with van der Waals surface area (Å²) in [5.41, 5.74) is 0.336. The van der Waals surface area contributed by atoms with E-state index < -0.39 is 23.5 Å². The molecule has 0 amide bonds. The number of hydrogen-bond donors (Lipinski definition) is 1. The maximum Gasteiger partial charge on any atom is 0.306 e. The van der Waals surface area contributed by atoms with Crippen molar-refractivity contribution in [1.82, 2.24) is 0 Å². The van der Waals surface area contributed by atoms with Gasteiger partial charge in [0.15, 0.2) is 11.6 Å². The molecular formula is C13H15ClF2O3. The predicted molar refractivity (Wildman–Crippen MR) is 67.7 cm³/mol. The van der Waals surface area contributed by atoms with Gasteiger partial charge in [0, 0.05) is 11.9 Å². The van der Waals surface area contributed by atoms with E-state index in [0.717, 1.165) is 12.1 Å². The zero-order valence-electron chi connectivity index (χ0n) is 10.5. The van der Waals surface area contributed by atoms with Crippen molar-refractivity contribution in [1.29, 1.82) is 0 Å². The summed E-state index contributed by atoms with van der Waals surface area (Å²) >= 11 is 5.53. The van der Waals surface area contributed by atoms with Gasteiger partial charge in [-0.05, 0) is 30.9 Å². The number of halogens is 3. The molecule has 0 fully saturated rings. The molecule has 1 aromatic rings. The van der Waals surface area contributed by atoms with Gasteiger partial charge in [-0.25, -0.2) is 8.78 Å². The van der Waals surface area contributed by atoms with Crippen LogP contribution in [0.4, 0.5) is 8.78 Å². The van der Waals surface area contributed by atoms with E-state index in [0.29, 0.717) is 24.3 Å². The first-order chi connectivity index (χ1) is 8.99. The van der Waals surface area contributed by atoms with Crippen molar-refractivity contribution in [2.75, 3.05) is 13.0 Å². The Kier molecular flexibility index (Phi) is 6.02. The van der Waals surface area contributed by atoms with Crippen molar-refractivity contribution in [2.45, 2.75) is 19.3 Å². The molecule has 0 heterocycles. The van der Waals surface area contributed by atoms with Crippen LogP contribution in [0.5, 0.6) is 5.75 Å². The van der Waals surface area contributed by atoms with Crippen LogP contribution in [0.2, 0.25) is 0 Å². The van der Waals surface area contributed by atoms with Gasteiger partial charge in [0.05, 0.1) is 13.0 Å². The second-order valence-corrected chi connectivity index (χ2v) is 4.53. The number of carboxylic acids is 1. The van der Waals surface area contributed by atoms with Crippen molar-refractivity contribution >= 4 is 17.6 Å². The topological polar surface area (TPSA) is 46.5 Å². The molecule has 0 aliphatic rings. The summed E-state index contributed by atoms with van der Waals surface area (Å²) in [6.45, 7) is 0. The van der Waals surface area contributed by atoms with Crippen LogP contribution in [-0.2, 0) is 11.2 Å². The minimum absolute atomic E-state index is 0.0760. The Hall–Kier alpha value is -1.36. The fraction of sp³-hybridized carbons (Fsp3) is 0.462. The summed E-state index contributed by atoms with van der Waals surface area (Å²) in [6, 6.07) is 1.90. The molecule has 1 N–H and O–H groups in total. The van der Waals surface area contributed by atoms with Gasteiger partial charge in [-0.3, -0.25) is 4.79 Å². The van der Waals surface area contributed by atoms with E-state index in [2.05, 4.69) is 0 Å². The van der Waals surface area contributed by atoms with Crippen LogP contribution in [0.3, 0.4) is 0 Å². The summed E-state index contributed by atoms with van der Waals surface area (Å²) in [7, 11) is 1.32.